The quantitative estimate of drug-likeness (QED) is 0.549. The number of rotatable bonds is 5. The van der Waals surface area contributed by atoms with Gasteiger partial charge in [0.25, 0.3) is 0 Å². The van der Waals surface area contributed by atoms with E-state index >= 15 is 0 Å². The van der Waals surface area contributed by atoms with Crippen molar-refractivity contribution >= 4 is 23.0 Å². The van der Waals surface area contributed by atoms with Crippen molar-refractivity contribution in [1.82, 2.24) is 20.2 Å². The van der Waals surface area contributed by atoms with E-state index in [4.69, 9.17) is 10.5 Å². The van der Waals surface area contributed by atoms with Gasteiger partial charge >= 0.3 is 0 Å². The number of fused-ring (bicyclic) bond motifs is 1. The zero-order chi connectivity index (χ0) is 24.5. The fraction of sp³-hybridized carbons (Fsp3) is 0.357. The minimum absolute atomic E-state index is 0.328. The highest BCUT2D eigenvalue weighted by Crippen LogP contribution is 2.48. The average Bonchev–Trinajstić information content (AvgIpc) is 3.23. The second kappa shape index (κ2) is 9.79. The molecule has 2 saturated heterocycles. The molecule has 3 aromatic rings. The van der Waals surface area contributed by atoms with Crippen LogP contribution in [0.1, 0.15) is 25.7 Å². The van der Waals surface area contributed by atoms with Crippen molar-refractivity contribution in [2.75, 3.05) is 41.7 Å². The molecule has 0 saturated carbocycles. The average molecular weight is 484 g/mol. The molecule has 1 aromatic heterocycles. The summed E-state index contributed by atoms with van der Waals surface area (Å²) >= 11 is 0. The Morgan fingerprint density at radius 1 is 0.861 bits per heavy atom. The Bertz CT molecular complexity index is 1200. The van der Waals surface area contributed by atoms with Crippen molar-refractivity contribution in [3.8, 4) is 11.5 Å². The topological polar surface area (TPSA) is 82.8 Å². The molecule has 186 valence electrons. The third-order valence-electron chi connectivity index (χ3n) is 7.58. The van der Waals surface area contributed by atoms with Crippen molar-refractivity contribution in [2.24, 2.45) is 0 Å². The third kappa shape index (κ3) is 4.27. The number of nitrogens with two attached hydrogens (primary N) is 1. The maximum atomic E-state index is 6.41. The highest BCUT2D eigenvalue weighted by atomic mass is 16.5. The molecule has 0 amide bonds. The Morgan fingerprint density at radius 3 is 2.28 bits per heavy atom. The minimum atomic E-state index is 0.328. The first-order valence-corrected chi connectivity index (χ1v) is 12.9. The molecule has 2 fully saturated rings. The van der Waals surface area contributed by atoms with Gasteiger partial charge in [0.05, 0.1) is 0 Å². The van der Waals surface area contributed by atoms with Crippen LogP contribution in [0.3, 0.4) is 0 Å². The normalized spacial score (nSPS) is 19.5. The van der Waals surface area contributed by atoms with E-state index in [1.807, 2.05) is 54.6 Å². The summed E-state index contributed by atoms with van der Waals surface area (Å²) in [6, 6.07) is 18.8. The van der Waals surface area contributed by atoms with Crippen molar-refractivity contribution in [1.29, 1.82) is 0 Å². The van der Waals surface area contributed by atoms with Crippen LogP contribution in [-0.2, 0) is 0 Å². The number of ether oxygens (including phenoxy) is 1. The van der Waals surface area contributed by atoms with Crippen LogP contribution in [0.4, 0.5) is 23.0 Å². The Morgan fingerprint density at radius 2 is 1.56 bits per heavy atom. The number of nitrogens with zero attached hydrogens (tertiary/aromatic N) is 5. The zero-order valence-electron chi connectivity index (χ0n) is 20.5. The summed E-state index contributed by atoms with van der Waals surface area (Å²) in [6.07, 6.45) is 6.18. The van der Waals surface area contributed by atoms with E-state index in [0.717, 1.165) is 73.5 Å². The summed E-state index contributed by atoms with van der Waals surface area (Å²) in [5.74, 6) is 3.75. The second-order valence-electron chi connectivity index (χ2n) is 9.71. The van der Waals surface area contributed by atoms with Gasteiger partial charge in [0.15, 0.2) is 11.6 Å². The molecule has 0 atom stereocenters. The fourth-order valence-corrected chi connectivity index (χ4v) is 5.76. The summed E-state index contributed by atoms with van der Waals surface area (Å²) in [6.45, 7) is 8.95. The van der Waals surface area contributed by atoms with E-state index in [-0.39, 0.29) is 0 Å². The molecular formula is C28H33N7O. The first-order chi connectivity index (χ1) is 17.7. The molecule has 8 nitrogen and oxygen atoms in total. The largest absolute Gasteiger partial charge is 0.457 e. The van der Waals surface area contributed by atoms with Crippen LogP contribution in [0.2, 0.25) is 0 Å². The van der Waals surface area contributed by atoms with Crippen molar-refractivity contribution < 1.29 is 4.74 Å². The van der Waals surface area contributed by atoms with Gasteiger partial charge in [-0.3, -0.25) is 4.90 Å². The van der Waals surface area contributed by atoms with Crippen LogP contribution in [0, 0.1) is 0 Å². The SMILES string of the molecule is C=C1N(c2ccc(Oc3ccccc3)cc2)c2c(N)ncnc2N1C1CCN(C2CCNCC2)CC1. The van der Waals surface area contributed by atoms with Gasteiger partial charge in [-0.05, 0) is 75.2 Å². The molecule has 0 aliphatic carbocycles. The molecule has 4 heterocycles. The first kappa shape index (κ1) is 22.8. The Balaban J connectivity index is 1.22. The smallest absolute Gasteiger partial charge is 0.164 e. The lowest BCUT2D eigenvalue weighted by molar-refractivity contribution is 0.127. The lowest BCUT2D eigenvalue weighted by Gasteiger charge is -2.42. The molecule has 3 N–H and O–H groups in total. The van der Waals surface area contributed by atoms with Crippen LogP contribution < -0.4 is 25.6 Å². The number of aromatic nitrogens is 2. The Kier molecular flexibility index (Phi) is 6.21. The Hall–Kier alpha value is -3.62. The number of likely N-dealkylation sites (tertiary alicyclic amines) is 1. The van der Waals surface area contributed by atoms with Gasteiger partial charge in [0.1, 0.15) is 29.3 Å². The highest BCUT2D eigenvalue weighted by Gasteiger charge is 2.40. The molecule has 0 unspecified atom stereocenters. The van der Waals surface area contributed by atoms with Gasteiger partial charge in [0.2, 0.25) is 0 Å². The molecule has 36 heavy (non-hydrogen) atoms. The number of hydrogen-bond donors (Lipinski definition) is 2. The number of piperidine rings is 2. The highest BCUT2D eigenvalue weighted by molar-refractivity contribution is 5.92. The summed E-state index contributed by atoms with van der Waals surface area (Å²) in [7, 11) is 0. The van der Waals surface area contributed by atoms with Gasteiger partial charge < -0.3 is 25.6 Å². The number of hydrogen-bond acceptors (Lipinski definition) is 8. The van der Waals surface area contributed by atoms with Crippen molar-refractivity contribution in [2.45, 2.75) is 37.8 Å². The molecule has 6 rings (SSSR count). The molecule has 2 aromatic carbocycles. The Labute approximate surface area is 212 Å². The minimum Gasteiger partial charge on any atom is -0.457 e. The first-order valence-electron chi connectivity index (χ1n) is 12.9. The molecule has 8 heteroatoms. The zero-order valence-corrected chi connectivity index (χ0v) is 20.5. The van der Waals surface area contributed by atoms with E-state index in [1.165, 1.54) is 12.8 Å². The predicted octanol–water partition coefficient (Wildman–Crippen LogP) is 4.50. The maximum absolute atomic E-state index is 6.41. The number of para-hydroxylation sites is 1. The predicted molar refractivity (Wildman–Crippen MR) is 144 cm³/mol. The molecule has 0 bridgehead atoms. The molecular weight excluding hydrogens is 450 g/mol. The number of anilines is 4. The number of nitrogens with one attached hydrogen (secondary N) is 1. The van der Waals surface area contributed by atoms with Crippen LogP contribution in [0.15, 0.2) is 73.3 Å². The van der Waals surface area contributed by atoms with Crippen LogP contribution in [0.5, 0.6) is 11.5 Å². The van der Waals surface area contributed by atoms with Crippen molar-refractivity contribution in [3.05, 3.63) is 73.3 Å². The van der Waals surface area contributed by atoms with Gasteiger partial charge in [-0.15, -0.1) is 0 Å². The van der Waals surface area contributed by atoms with E-state index in [1.54, 1.807) is 6.33 Å². The lowest BCUT2D eigenvalue weighted by Crippen LogP contribution is -2.50. The molecule has 0 spiro atoms. The maximum Gasteiger partial charge on any atom is 0.164 e. The van der Waals surface area contributed by atoms with Crippen LogP contribution >= 0.6 is 0 Å². The van der Waals surface area contributed by atoms with Crippen molar-refractivity contribution in [3.63, 3.8) is 0 Å². The fourth-order valence-electron chi connectivity index (χ4n) is 5.76. The molecule has 3 aliphatic rings. The summed E-state index contributed by atoms with van der Waals surface area (Å²) in [5, 5.41) is 3.48. The van der Waals surface area contributed by atoms with Gasteiger partial charge in [-0.2, -0.15) is 0 Å². The third-order valence-corrected chi connectivity index (χ3v) is 7.58. The van der Waals surface area contributed by atoms with E-state index in [0.29, 0.717) is 17.9 Å². The van der Waals surface area contributed by atoms with E-state index in [9.17, 15) is 0 Å². The summed E-state index contributed by atoms with van der Waals surface area (Å²) in [5.41, 5.74) is 8.17. The second-order valence-corrected chi connectivity index (χ2v) is 9.71. The van der Waals surface area contributed by atoms with E-state index < -0.39 is 0 Å². The standard InChI is InChI=1S/C28H33N7O/c1-20-34(22-7-9-25(10-8-22)36-24-5-3-2-4-6-24)26-27(29)31-19-32-28(26)35(20)23-13-17-33(18-14-23)21-11-15-30-16-12-21/h2-10,19,21,23,30H,1,11-18H2,(H2,29,31,32). The van der Waals surface area contributed by atoms with Gasteiger partial charge in [-0.25, -0.2) is 9.97 Å². The summed E-state index contributed by atoms with van der Waals surface area (Å²) < 4.78 is 5.98. The summed E-state index contributed by atoms with van der Waals surface area (Å²) in [4.78, 5) is 16.0. The number of nitrogen functional groups attached to an aromatic ring is 1. The van der Waals surface area contributed by atoms with E-state index in [2.05, 4.69) is 36.6 Å². The molecule has 0 radical (unpaired) electrons. The molecule has 3 aliphatic heterocycles. The van der Waals surface area contributed by atoms with Gasteiger partial charge in [0, 0.05) is 30.9 Å². The monoisotopic (exact) mass is 483 g/mol. The van der Waals surface area contributed by atoms with Crippen LogP contribution in [0.25, 0.3) is 0 Å². The number of benzene rings is 2. The lowest BCUT2D eigenvalue weighted by atomic mass is 9.98. The van der Waals surface area contributed by atoms with Crippen LogP contribution in [-0.4, -0.2) is 53.1 Å². The van der Waals surface area contributed by atoms with Gasteiger partial charge in [-0.1, -0.05) is 24.8 Å².